The van der Waals surface area contributed by atoms with Crippen LogP contribution in [0.4, 0.5) is 4.79 Å². The van der Waals surface area contributed by atoms with Crippen LogP contribution in [0.2, 0.25) is 5.02 Å². The number of benzene rings is 2. The molecule has 5 nitrogen and oxygen atoms in total. The average Bonchev–Trinajstić information content (AvgIpc) is 2.81. The normalized spacial score (nSPS) is 18.4. The van der Waals surface area contributed by atoms with Gasteiger partial charge in [-0.15, -0.1) is 0 Å². The summed E-state index contributed by atoms with van der Waals surface area (Å²) in [5.41, 5.74) is 1.00. The van der Waals surface area contributed by atoms with Gasteiger partial charge in [-0.2, -0.15) is 0 Å². The Morgan fingerprint density at radius 1 is 1.09 bits per heavy atom. The lowest BCUT2D eigenvalue weighted by atomic mass is 9.72. The SMILES string of the molecule is COCCCC[C@@](O)(c1ccccc1-c1ccccc1Cl)[C@@H]1CCCN(C(=O)OC(C)(C)C)C1. The van der Waals surface area contributed by atoms with Crippen molar-refractivity contribution in [1.29, 1.82) is 0 Å². The highest BCUT2D eigenvalue weighted by atomic mass is 35.5. The van der Waals surface area contributed by atoms with E-state index in [2.05, 4.69) is 0 Å². The van der Waals surface area contributed by atoms with Crippen LogP contribution in [-0.2, 0) is 15.1 Å². The monoisotopic (exact) mass is 487 g/mol. The van der Waals surface area contributed by atoms with Gasteiger partial charge in [0.15, 0.2) is 0 Å². The molecule has 0 aromatic heterocycles. The molecule has 34 heavy (non-hydrogen) atoms. The minimum absolute atomic E-state index is 0.125. The van der Waals surface area contributed by atoms with Crippen molar-refractivity contribution in [3.63, 3.8) is 0 Å². The van der Waals surface area contributed by atoms with Gasteiger partial charge in [0.25, 0.3) is 0 Å². The van der Waals surface area contributed by atoms with Crippen LogP contribution >= 0.6 is 11.6 Å². The molecule has 0 spiro atoms. The van der Waals surface area contributed by atoms with Gasteiger partial charge in [-0.05, 0) is 70.1 Å². The number of halogens is 1. The number of amides is 1. The minimum atomic E-state index is -1.12. The molecule has 1 N–H and O–H groups in total. The van der Waals surface area contributed by atoms with Gasteiger partial charge in [0.1, 0.15) is 5.60 Å². The quantitative estimate of drug-likeness (QED) is 0.423. The number of piperidine rings is 1. The molecule has 0 saturated carbocycles. The van der Waals surface area contributed by atoms with E-state index < -0.39 is 11.2 Å². The Hall–Kier alpha value is -2.08. The number of carbonyl (C=O) groups excluding carboxylic acids is 1. The van der Waals surface area contributed by atoms with Crippen LogP contribution < -0.4 is 0 Å². The molecule has 0 radical (unpaired) electrons. The third-order valence-electron chi connectivity index (χ3n) is 6.46. The molecule has 1 heterocycles. The fraction of sp³-hybridized carbons (Fsp3) is 0.536. The summed E-state index contributed by atoms with van der Waals surface area (Å²) >= 11 is 6.57. The van der Waals surface area contributed by atoms with E-state index in [0.29, 0.717) is 31.1 Å². The number of hydrogen-bond acceptors (Lipinski definition) is 4. The summed E-state index contributed by atoms with van der Waals surface area (Å²) in [4.78, 5) is 14.6. The summed E-state index contributed by atoms with van der Waals surface area (Å²) in [6.45, 7) is 7.36. The summed E-state index contributed by atoms with van der Waals surface area (Å²) in [6.07, 6.45) is 3.57. The van der Waals surface area contributed by atoms with Crippen molar-refractivity contribution in [1.82, 2.24) is 4.90 Å². The second kappa shape index (κ2) is 11.6. The lowest BCUT2D eigenvalue weighted by Crippen LogP contribution is -2.49. The summed E-state index contributed by atoms with van der Waals surface area (Å²) in [5.74, 6) is -0.125. The lowest BCUT2D eigenvalue weighted by Gasteiger charge is -2.43. The van der Waals surface area contributed by atoms with E-state index >= 15 is 0 Å². The first-order valence-electron chi connectivity index (χ1n) is 12.2. The zero-order valence-electron chi connectivity index (χ0n) is 20.9. The number of likely N-dealkylation sites (tertiary alicyclic amines) is 1. The van der Waals surface area contributed by atoms with E-state index in [1.807, 2.05) is 69.3 Å². The van der Waals surface area contributed by atoms with Crippen molar-refractivity contribution in [2.45, 2.75) is 64.1 Å². The highest BCUT2D eigenvalue weighted by Gasteiger charge is 2.43. The van der Waals surface area contributed by atoms with Crippen LogP contribution in [0, 0.1) is 5.92 Å². The molecule has 1 fully saturated rings. The summed E-state index contributed by atoms with van der Waals surface area (Å²) < 4.78 is 10.9. The first kappa shape index (κ1) is 26.5. The highest BCUT2D eigenvalue weighted by molar-refractivity contribution is 6.33. The zero-order valence-corrected chi connectivity index (χ0v) is 21.6. The van der Waals surface area contributed by atoms with Crippen molar-refractivity contribution in [3.05, 3.63) is 59.1 Å². The van der Waals surface area contributed by atoms with Gasteiger partial charge in [-0.1, -0.05) is 54.1 Å². The predicted molar refractivity (Wildman–Crippen MR) is 137 cm³/mol. The number of rotatable bonds is 8. The Bertz CT molecular complexity index is 957. The van der Waals surface area contributed by atoms with Crippen molar-refractivity contribution < 1.29 is 19.4 Å². The maximum Gasteiger partial charge on any atom is 0.410 e. The molecule has 6 heteroatoms. The Morgan fingerprint density at radius 2 is 1.76 bits per heavy atom. The molecule has 2 atom stereocenters. The first-order chi connectivity index (χ1) is 16.2. The number of unbranched alkanes of at least 4 members (excludes halogenated alkanes) is 1. The Morgan fingerprint density at radius 3 is 2.44 bits per heavy atom. The number of hydrogen-bond donors (Lipinski definition) is 1. The van der Waals surface area contributed by atoms with Crippen LogP contribution in [0.5, 0.6) is 0 Å². The van der Waals surface area contributed by atoms with E-state index in [1.54, 1.807) is 12.0 Å². The van der Waals surface area contributed by atoms with Gasteiger partial charge in [0.2, 0.25) is 0 Å². The van der Waals surface area contributed by atoms with Crippen molar-refractivity contribution in [2.24, 2.45) is 5.92 Å². The molecule has 1 aliphatic rings. The second-order valence-electron chi connectivity index (χ2n) is 10.2. The van der Waals surface area contributed by atoms with Crippen molar-refractivity contribution in [2.75, 3.05) is 26.8 Å². The molecule has 186 valence electrons. The molecule has 0 unspecified atom stereocenters. The van der Waals surface area contributed by atoms with Gasteiger partial charge < -0.3 is 19.5 Å². The molecule has 1 saturated heterocycles. The topological polar surface area (TPSA) is 59.0 Å². The van der Waals surface area contributed by atoms with E-state index in [9.17, 15) is 9.90 Å². The average molecular weight is 488 g/mol. The first-order valence-corrected chi connectivity index (χ1v) is 12.6. The smallest absolute Gasteiger partial charge is 0.410 e. The summed E-state index contributed by atoms with van der Waals surface area (Å²) in [5, 5.41) is 13.1. The summed E-state index contributed by atoms with van der Waals surface area (Å²) in [7, 11) is 1.69. The Balaban J connectivity index is 1.98. The lowest BCUT2D eigenvalue weighted by molar-refractivity contribution is -0.0638. The van der Waals surface area contributed by atoms with Crippen LogP contribution in [0.1, 0.15) is 58.4 Å². The largest absolute Gasteiger partial charge is 0.444 e. The number of aliphatic hydroxyl groups is 1. The molecular formula is C28H38ClNO4. The third-order valence-corrected chi connectivity index (χ3v) is 6.79. The number of ether oxygens (including phenoxy) is 2. The molecule has 1 aliphatic heterocycles. The van der Waals surface area contributed by atoms with Gasteiger partial charge in [0, 0.05) is 43.3 Å². The zero-order chi connectivity index (χ0) is 24.8. The van der Waals surface area contributed by atoms with E-state index in [0.717, 1.165) is 42.4 Å². The number of nitrogens with zero attached hydrogens (tertiary/aromatic N) is 1. The van der Waals surface area contributed by atoms with E-state index in [1.165, 1.54) is 0 Å². The number of carbonyl (C=O) groups is 1. The minimum Gasteiger partial charge on any atom is -0.444 e. The van der Waals surface area contributed by atoms with Crippen LogP contribution in [0.15, 0.2) is 48.5 Å². The highest BCUT2D eigenvalue weighted by Crippen LogP contribution is 2.44. The molecule has 1 amide bonds. The van der Waals surface area contributed by atoms with Gasteiger partial charge in [-0.3, -0.25) is 0 Å². The molecule has 2 aromatic rings. The van der Waals surface area contributed by atoms with Gasteiger partial charge in [-0.25, -0.2) is 4.79 Å². The molecule has 0 aliphatic carbocycles. The third kappa shape index (κ3) is 6.53. The maximum absolute atomic E-state index is 12.8. The number of methoxy groups -OCH3 is 1. The fourth-order valence-electron chi connectivity index (χ4n) is 4.83. The van der Waals surface area contributed by atoms with Crippen LogP contribution in [0.3, 0.4) is 0 Å². The van der Waals surface area contributed by atoms with Gasteiger partial charge >= 0.3 is 6.09 Å². The Kier molecular flexibility index (Phi) is 9.02. The maximum atomic E-state index is 12.8. The second-order valence-corrected chi connectivity index (χ2v) is 10.6. The van der Waals surface area contributed by atoms with Crippen LogP contribution in [0.25, 0.3) is 11.1 Å². The van der Waals surface area contributed by atoms with Crippen molar-refractivity contribution in [3.8, 4) is 11.1 Å². The van der Waals surface area contributed by atoms with E-state index in [-0.39, 0.29) is 12.0 Å². The predicted octanol–water partition coefficient (Wildman–Crippen LogP) is 6.66. The molecule has 3 rings (SSSR count). The molecule has 0 bridgehead atoms. The fourth-order valence-corrected chi connectivity index (χ4v) is 5.07. The van der Waals surface area contributed by atoms with Gasteiger partial charge in [0.05, 0.1) is 5.60 Å². The Labute approximate surface area is 209 Å². The molecule has 2 aromatic carbocycles. The van der Waals surface area contributed by atoms with Crippen molar-refractivity contribution >= 4 is 17.7 Å². The molecular weight excluding hydrogens is 450 g/mol. The van der Waals surface area contributed by atoms with Crippen LogP contribution in [-0.4, -0.2) is 48.5 Å². The summed E-state index contributed by atoms with van der Waals surface area (Å²) in [6, 6.07) is 15.7. The van der Waals surface area contributed by atoms with E-state index in [4.69, 9.17) is 21.1 Å². The standard InChI is InChI=1S/C28H38ClNO4/c1-27(2,3)34-26(31)30-18-11-12-21(20-30)28(32,17-9-10-19-33-4)24-15-7-5-13-22(24)23-14-6-8-16-25(23)29/h5-8,13-16,21,32H,9-12,17-20H2,1-4H3/t21-,28+/m1/s1.